The maximum absolute atomic E-state index is 10.7. The lowest BCUT2D eigenvalue weighted by molar-refractivity contribution is -0.140. The topological polar surface area (TPSA) is 43.4 Å². The van der Waals surface area contributed by atoms with E-state index in [1.807, 2.05) is 6.92 Å². The molecule has 0 bridgehead atoms. The number of rotatable bonds is 3. The third kappa shape index (κ3) is 5.48. The van der Waals surface area contributed by atoms with Crippen LogP contribution in [0.3, 0.4) is 0 Å². The molecule has 0 amide bonds. The maximum atomic E-state index is 10.7. The van der Waals surface area contributed by atoms with Gasteiger partial charge in [0.2, 0.25) is 0 Å². The Morgan fingerprint density at radius 1 is 1.67 bits per heavy atom. The van der Waals surface area contributed by atoms with Crippen molar-refractivity contribution < 1.29 is 14.3 Å². The van der Waals surface area contributed by atoms with Gasteiger partial charge in [-0.15, -0.1) is 0 Å². The molecule has 0 saturated carbocycles. The van der Waals surface area contributed by atoms with Crippen molar-refractivity contribution in [2.45, 2.75) is 19.8 Å². The van der Waals surface area contributed by atoms with E-state index in [1.54, 1.807) is 0 Å². The van der Waals surface area contributed by atoms with Gasteiger partial charge in [-0.1, -0.05) is 12.8 Å². The monoisotopic (exact) mass is 168 g/mol. The molecule has 0 radical (unpaired) electrons. The Kier molecular flexibility index (Phi) is 5.72. The SMILES string of the molecule is COC(=O)CCC(C)C#CC=O. The van der Waals surface area contributed by atoms with Gasteiger partial charge in [-0.3, -0.25) is 9.59 Å². The van der Waals surface area contributed by atoms with Gasteiger partial charge in [0.05, 0.1) is 7.11 Å². The molecule has 0 rings (SSSR count). The highest BCUT2D eigenvalue weighted by Gasteiger charge is 2.03. The summed E-state index contributed by atoms with van der Waals surface area (Å²) in [5.74, 6) is 4.82. The van der Waals surface area contributed by atoms with Crippen molar-refractivity contribution in [3.05, 3.63) is 0 Å². The zero-order valence-electron chi connectivity index (χ0n) is 7.29. The van der Waals surface area contributed by atoms with Crippen molar-refractivity contribution in [1.29, 1.82) is 0 Å². The molecule has 66 valence electrons. The lowest BCUT2D eigenvalue weighted by atomic mass is 10.1. The Morgan fingerprint density at radius 3 is 2.83 bits per heavy atom. The third-order valence-electron chi connectivity index (χ3n) is 1.40. The van der Waals surface area contributed by atoms with E-state index >= 15 is 0 Å². The van der Waals surface area contributed by atoms with Crippen molar-refractivity contribution in [2.24, 2.45) is 5.92 Å². The Morgan fingerprint density at radius 2 is 2.33 bits per heavy atom. The van der Waals surface area contributed by atoms with Gasteiger partial charge in [0.15, 0.2) is 6.29 Å². The highest BCUT2D eigenvalue weighted by molar-refractivity contribution is 5.72. The highest BCUT2D eigenvalue weighted by Crippen LogP contribution is 2.03. The van der Waals surface area contributed by atoms with Crippen molar-refractivity contribution >= 4 is 12.3 Å². The lowest BCUT2D eigenvalue weighted by Crippen LogP contribution is -2.02. The van der Waals surface area contributed by atoms with Crippen molar-refractivity contribution in [3.8, 4) is 11.8 Å². The molecule has 0 aromatic rings. The second kappa shape index (κ2) is 6.41. The van der Waals surface area contributed by atoms with Gasteiger partial charge in [-0.05, 0) is 12.3 Å². The van der Waals surface area contributed by atoms with Gasteiger partial charge < -0.3 is 4.74 Å². The van der Waals surface area contributed by atoms with Crippen LogP contribution in [0.5, 0.6) is 0 Å². The van der Waals surface area contributed by atoms with Crippen LogP contribution in [0, 0.1) is 17.8 Å². The number of aldehydes is 1. The Labute approximate surface area is 72.1 Å². The van der Waals surface area contributed by atoms with Crippen LogP contribution in [0.25, 0.3) is 0 Å². The number of esters is 1. The summed E-state index contributed by atoms with van der Waals surface area (Å²) in [5.41, 5.74) is 0. The van der Waals surface area contributed by atoms with Gasteiger partial charge in [-0.2, -0.15) is 0 Å². The van der Waals surface area contributed by atoms with Gasteiger partial charge in [0.25, 0.3) is 0 Å². The molecule has 1 atom stereocenters. The first kappa shape index (κ1) is 10.7. The van der Waals surface area contributed by atoms with Crippen LogP contribution in [-0.2, 0) is 14.3 Å². The Balaban J connectivity index is 3.63. The number of hydrogen-bond acceptors (Lipinski definition) is 3. The van der Waals surface area contributed by atoms with E-state index < -0.39 is 0 Å². The molecular formula is C9H12O3. The molecule has 0 fully saturated rings. The van der Waals surface area contributed by atoms with E-state index in [0.717, 1.165) is 0 Å². The molecule has 0 aromatic carbocycles. The van der Waals surface area contributed by atoms with Crippen molar-refractivity contribution in [1.82, 2.24) is 0 Å². The predicted molar refractivity (Wildman–Crippen MR) is 44.3 cm³/mol. The van der Waals surface area contributed by atoms with E-state index in [2.05, 4.69) is 16.6 Å². The van der Waals surface area contributed by atoms with Gasteiger partial charge in [-0.25, -0.2) is 0 Å². The van der Waals surface area contributed by atoms with Crippen LogP contribution in [0.15, 0.2) is 0 Å². The molecule has 0 heterocycles. The van der Waals surface area contributed by atoms with Gasteiger partial charge in [0.1, 0.15) is 0 Å². The molecule has 1 unspecified atom stereocenters. The minimum Gasteiger partial charge on any atom is -0.469 e. The van der Waals surface area contributed by atoms with E-state index in [9.17, 15) is 9.59 Å². The van der Waals surface area contributed by atoms with Crippen molar-refractivity contribution in [2.75, 3.05) is 7.11 Å². The maximum Gasteiger partial charge on any atom is 0.305 e. The molecule has 0 aliphatic heterocycles. The molecule has 0 aliphatic carbocycles. The average molecular weight is 168 g/mol. The molecule has 0 N–H and O–H groups in total. The van der Waals surface area contributed by atoms with Crippen LogP contribution in [0.2, 0.25) is 0 Å². The fraction of sp³-hybridized carbons (Fsp3) is 0.556. The predicted octanol–water partition coefficient (Wildman–Crippen LogP) is 0.778. The molecule has 12 heavy (non-hydrogen) atoms. The summed E-state index contributed by atoms with van der Waals surface area (Å²) < 4.78 is 4.45. The first-order valence-corrected chi connectivity index (χ1v) is 3.72. The van der Waals surface area contributed by atoms with Crippen molar-refractivity contribution in [3.63, 3.8) is 0 Å². The van der Waals surface area contributed by atoms with Crippen LogP contribution >= 0.6 is 0 Å². The molecule has 3 heteroatoms. The smallest absolute Gasteiger partial charge is 0.305 e. The minimum atomic E-state index is -0.241. The average Bonchev–Trinajstić information content (AvgIpc) is 2.10. The fourth-order valence-corrected chi connectivity index (χ4v) is 0.685. The summed E-state index contributed by atoms with van der Waals surface area (Å²) in [6.45, 7) is 1.86. The number of hydrogen-bond donors (Lipinski definition) is 0. The molecule has 3 nitrogen and oxygen atoms in total. The van der Waals surface area contributed by atoms with Crippen LogP contribution in [0.1, 0.15) is 19.8 Å². The Hall–Kier alpha value is -1.30. The van der Waals surface area contributed by atoms with E-state index in [1.165, 1.54) is 7.11 Å². The zero-order chi connectivity index (χ0) is 9.40. The molecule has 0 saturated heterocycles. The lowest BCUT2D eigenvalue weighted by Gasteiger charge is -2.00. The Bertz CT molecular complexity index is 210. The standard InChI is InChI=1S/C9H12O3/c1-8(4-3-7-10)5-6-9(11)12-2/h7-8H,5-6H2,1-2H3. The normalized spacial score (nSPS) is 10.8. The summed E-state index contributed by atoms with van der Waals surface area (Å²) >= 11 is 0. The van der Waals surface area contributed by atoms with Gasteiger partial charge in [0, 0.05) is 12.3 Å². The van der Waals surface area contributed by atoms with Gasteiger partial charge >= 0.3 is 5.97 Å². The number of methoxy groups -OCH3 is 1. The number of ether oxygens (including phenoxy) is 1. The molecule has 0 aromatic heterocycles. The quantitative estimate of drug-likeness (QED) is 0.355. The first-order chi connectivity index (χ1) is 5.70. The van der Waals surface area contributed by atoms with Crippen LogP contribution in [-0.4, -0.2) is 19.4 Å². The fourth-order valence-electron chi connectivity index (χ4n) is 0.685. The summed E-state index contributed by atoms with van der Waals surface area (Å²) in [5, 5.41) is 0. The summed E-state index contributed by atoms with van der Waals surface area (Å²) in [4.78, 5) is 20.5. The number of carbonyl (C=O) groups is 2. The van der Waals surface area contributed by atoms with E-state index in [4.69, 9.17) is 0 Å². The zero-order valence-corrected chi connectivity index (χ0v) is 7.29. The third-order valence-corrected chi connectivity index (χ3v) is 1.40. The van der Waals surface area contributed by atoms with E-state index in [-0.39, 0.29) is 11.9 Å². The minimum absolute atomic E-state index is 0.0642. The second-order valence-corrected chi connectivity index (χ2v) is 2.42. The highest BCUT2D eigenvalue weighted by atomic mass is 16.5. The second-order valence-electron chi connectivity index (χ2n) is 2.42. The largest absolute Gasteiger partial charge is 0.469 e. The van der Waals surface area contributed by atoms with Crippen LogP contribution in [0.4, 0.5) is 0 Å². The first-order valence-electron chi connectivity index (χ1n) is 3.72. The number of carbonyl (C=O) groups excluding carboxylic acids is 2. The van der Waals surface area contributed by atoms with Crippen LogP contribution < -0.4 is 0 Å². The molecule has 0 aliphatic rings. The van der Waals surface area contributed by atoms with E-state index in [0.29, 0.717) is 19.1 Å². The summed E-state index contributed by atoms with van der Waals surface area (Å²) in [7, 11) is 1.35. The molecule has 0 spiro atoms. The molecular weight excluding hydrogens is 156 g/mol. The summed E-state index contributed by atoms with van der Waals surface area (Å²) in [6.07, 6.45) is 1.54. The summed E-state index contributed by atoms with van der Waals surface area (Å²) in [6, 6.07) is 0.